The highest BCUT2D eigenvalue weighted by Crippen LogP contribution is 2.36. The van der Waals surface area contributed by atoms with Crippen molar-refractivity contribution in [3.8, 4) is 5.75 Å². The number of halogens is 3. The molecule has 2 rings (SSSR count). The van der Waals surface area contributed by atoms with Crippen molar-refractivity contribution in [2.24, 2.45) is 0 Å². The lowest BCUT2D eigenvalue weighted by atomic mass is 9.97. The summed E-state index contributed by atoms with van der Waals surface area (Å²) in [6.07, 6.45) is 3.44. The Hall–Kier alpha value is -1.01. The molecule has 1 aliphatic rings. The van der Waals surface area contributed by atoms with Crippen LogP contribution >= 0.6 is 24.8 Å². The zero-order chi connectivity index (χ0) is 14.5. The van der Waals surface area contributed by atoms with Crippen molar-refractivity contribution in [3.63, 3.8) is 0 Å². The third-order valence-corrected chi connectivity index (χ3v) is 3.73. The Bertz CT molecular complexity index is 482. The lowest BCUT2D eigenvalue weighted by Crippen LogP contribution is -2.45. The molecule has 0 aliphatic carbocycles. The summed E-state index contributed by atoms with van der Waals surface area (Å²) >= 11 is 0. The number of phenols is 1. The van der Waals surface area contributed by atoms with Gasteiger partial charge in [0, 0.05) is 43.9 Å². The van der Waals surface area contributed by atoms with Crippen LogP contribution in [0.5, 0.6) is 5.75 Å². The number of nitrogen functional groups attached to an aromatic ring is 1. The van der Waals surface area contributed by atoms with Crippen molar-refractivity contribution >= 4 is 30.5 Å². The number of nitrogens with zero attached hydrogens (tertiary/aromatic N) is 1. The molecular formula is C15H24Cl2FN3O. The Morgan fingerprint density at radius 3 is 2.59 bits per heavy atom. The topological polar surface area (TPSA) is 61.5 Å². The molecule has 22 heavy (non-hydrogen) atoms. The van der Waals surface area contributed by atoms with Gasteiger partial charge in [-0.05, 0) is 18.9 Å². The van der Waals surface area contributed by atoms with Crippen LogP contribution in [0.2, 0.25) is 0 Å². The van der Waals surface area contributed by atoms with Crippen molar-refractivity contribution in [1.82, 2.24) is 10.2 Å². The normalized spacial score (nSPS) is 16.2. The SMILES string of the molecule is C=CCC[C@H](c1cc(F)cc(N)c1O)N1CCNCC1.Cl.Cl. The third kappa shape index (κ3) is 5.02. The van der Waals surface area contributed by atoms with Crippen molar-refractivity contribution < 1.29 is 9.50 Å². The minimum Gasteiger partial charge on any atom is -0.505 e. The van der Waals surface area contributed by atoms with Crippen LogP contribution < -0.4 is 11.1 Å². The highest BCUT2D eigenvalue weighted by atomic mass is 35.5. The van der Waals surface area contributed by atoms with Gasteiger partial charge in [0.05, 0.1) is 5.69 Å². The molecule has 1 aromatic rings. The number of anilines is 1. The Kier molecular flexibility index (Phi) is 9.44. The van der Waals surface area contributed by atoms with E-state index in [4.69, 9.17) is 5.73 Å². The van der Waals surface area contributed by atoms with Gasteiger partial charge in [0.25, 0.3) is 0 Å². The molecule has 4 N–H and O–H groups in total. The lowest BCUT2D eigenvalue weighted by molar-refractivity contribution is 0.163. The fourth-order valence-electron chi connectivity index (χ4n) is 2.70. The standard InChI is InChI=1S/C15H22FN3O.2ClH/c1-2-3-4-14(19-7-5-18-6-8-19)12-9-11(16)10-13(17)15(12)20;;/h2,9-10,14,18,20H,1,3-8,17H2;2*1H/t14-;;/m1../s1. The highest BCUT2D eigenvalue weighted by molar-refractivity contribution is 5.85. The average Bonchev–Trinajstić information content (AvgIpc) is 2.45. The van der Waals surface area contributed by atoms with Gasteiger partial charge in [0.1, 0.15) is 11.6 Å². The van der Waals surface area contributed by atoms with Gasteiger partial charge in [0.15, 0.2) is 0 Å². The smallest absolute Gasteiger partial charge is 0.143 e. The number of nitrogens with one attached hydrogen (secondary N) is 1. The summed E-state index contributed by atoms with van der Waals surface area (Å²) in [5, 5.41) is 13.5. The summed E-state index contributed by atoms with van der Waals surface area (Å²) in [7, 11) is 0. The number of benzene rings is 1. The number of aromatic hydroxyl groups is 1. The summed E-state index contributed by atoms with van der Waals surface area (Å²) < 4.78 is 13.6. The van der Waals surface area contributed by atoms with Crippen LogP contribution in [-0.2, 0) is 0 Å². The zero-order valence-corrected chi connectivity index (χ0v) is 14.1. The summed E-state index contributed by atoms with van der Waals surface area (Å²) in [5.41, 5.74) is 6.35. The Morgan fingerprint density at radius 2 is 2.00 bits per heavy atom. The molecule has 0 radical (unpaired) electrons. The minimum absolute atomic E-state index is 0. The first-order valence-corrected chi connectivity index (χ1v) is 6.97. The van der Waals surface area contributed by atoms with Gasteiger partial charge < -0.3 is 16.2 Å². The highest BCUT2D eigenvalue weighted by Gasteiger charge is 2.25. The molecule has 1 atom stereocenters. The molecular weight excluding hydrogens is 328 g/mol. The molecule has 1 fully saturated rings. The first kappa shape index (κ1) is 21.0. The summed E-state index contributed by atoms with van der Waals surface area (Å²) in [6, 6.07) is 2.51. The number of allylic oxidation sites excluding steroid dienone is 1. The Labute approximate surface area is 143 Å². The maximum absolute atomic E-state index is 13.6. The molecule has 1 heterocycles. The van der Waals surface area contributed by atoms with E-state index < -0.39 is 5.82 Å². The molecule has 1 aliphatic heterocycles. The van der Waals surface area contributed by atoms with E-state index >= 15 is 0 Å². The number of phenolic OH excluding ortho intramolecular Hbond substituents is 1. The Balaban J connectivity index is 0.00000220. The van der Waals surface area contributed by atoms with Crippen LogP contribution in [-0.4, -0.2) is 36.2 Å². The molecule has 7 heteroatoms. The molecule has 0 bridgehead atoms. The Morgan fingerprint density at radius 1 is 1.36 bits per heavy atom. The summed E-state index contributed by atoms with van der Waals surface area (Å²) in [5.74, 6) is -0.409. The second-order valence-corrected chi connectivity index (χ2v) is 5.10. The maximum Gasteiger partial charge on any atom is 0.143 e. The lowest BCUT2D eigenvalue weighted by Gasteiger charge is -2.35. The molecule has 0 saturated carbocycles. The first-order chi connectivity index (χ1) is 9.63. The van der Waals surface area contributed by atoms with Gasteiger partial charge in [-0.1, -0.05) is 6.08 Å². The van der Waals surface area contributed by atoms with Crippen molar-refractivity contribution in [3.05, 3.63) is 36.2 Å². The first-order valence-electron chi connectivity index (χ1n) is 6.97. The number of nitrogens with two attached hydrogens (primary N) is 1. The van der Waals surface area contributed by atoms with Gasteiger partial charge in [0.2, 0.25) is 0 Å². The predicted octanol–water partition coefficient (Wildman–Crippen LogP) is 2.87. The third-order valence-electron chi connectivity index (χ3n) is 3.73. The molecule has 4 nitrogen and oxygen atoms in total. The zero-order valence-electron chi connectivity index (χ0n) is 12.4. The van der Waals surface area contributed by atoms with Crippen molar-refractivity contribution in [2.75, 3.05) is 31.9 Å². The van der Waals surface area contributed by atoms with Gasteiger partial charge in [-0.3, -0.25) is 4.90 Å². The van der Waals surface area contributed by atoms with Gasteiger partial charge in [-0.2, -0.15) is 0 Å². The fraction of sp³-hybridized carbons (Fsp3) is 0.467. The molecule has 1 aromatic carbocycles. The van der Waals surface area contributed by atoms with Crippen LogP contribution in [0.15, 0.2) is 24.8 Å². The van der Waals surface area contributed by atoms with Crippen LogP contribution in [0, 0.1) is 5.82 Å². The maximum atomic E-state index is 13.6. The molecule has 0 unspecified atom stereocenters. The van der Waals surface area contributed by atoms with Crippen LogP contribution in [0.4, 0.5) is 10.1 Å². The molecule has 0 amide bonds. The van der Waals surface area contributed by atoms with E-state index in [1.807, 2.05) is 6.08 Å². The van der Waals surface area contributed by atoms with Gasteiger partial charge in [-0.25, -0.2) is 4.39 Å². The second-order valence-electron chi connectivity index (χ2n) is 5.10. The van der Waals surface area contributed by atoms with E-state index in [2.05, 4.69) is 16.8 Å². The molecule has 0 spiro atoms. The van der Waals surface area contributed by atoms with Crippen LogP contribution in [0.3, 0.4) is 0 Å². The summed E-state index contributed by atoms with van der Waals surface area (Å²) in [4.78, 5) is 2.26. The largest absolute Gasteiger partial charge is 0.505 e. The number of hydrogen-bond donors (Lipinski definition) is 3. The average molecular weight is 352 g/mol. The predicted molar refractivity (Wildman–Crippen MR) is 93.6 cm³/mol. The van der Waals surface area contributed by atoms with Crippen molar-refractivity contribution in [1.29, 1.82) is 0 Å². The molecule has 1 saturated heterocycles. The van der Waals surface area contributed by atoms with Gasteiger partial charge in [-0.15, -0.1) is 31.4 Å². The van der Waals surface area contributed by atoms with E-state index in [1.54, 1.807) is 0 Å². The fourth-order valence-corrected chi connectivity index (χ4v) is 2.70. The number of hydrogen-bond acceptors (Lipinski definition) is 4. The molecule has 126 valence electrons. The van der Waals surface area contributed by atoms with Crippen LogP contribution in [0.1, 0.15) is 24.4 Å². The quantitative estimate of drug-likeness (QED) is 0.433. The van der Waals surface area contributed by atoms with E-state index in [0.29, 0.717) is 5.56 Å². The summed E-state index contributed by atoms with van der Waals surface area (Å²) in [6.45, 7) is 7.28. The van der Waals surface area contributed by atoms with Crippen LogP contribution in [0.25, 0.3) is 0 Å². The van der Waals surface area contributed by atoms with E-state index in [9.17, 15) is 9.50 Å². The van der Waals surface area contributed by atoms with E-state index in [0.717, 1.165) is 45.1 Å². The number of rotatable bonds is 5. The van der Waals surface area contributed by atoms with E-state index in [1.165, 1.54) is 6.07 Å². The van der Waals surface area contributed by atoms with Crippen molar-refractivity contribution in [2.45, 2.75) is 18.9 Å². The van der Waals surface area contributed by atoms with Gasteiger partial charge >= 0.3 is 0 Å². The van der Waals surface area contributed by atoms with E-state index in [-0.39, 0.29) is 42.3 Å². The monoisotopic (exact) mass is 351 g/mol. The second kappa shape index (κ2) is 9.90. The minimum atomic E-state index is -0.408. The number of piperazine rings is 1. The molecule has 0 aromatic heterocycles.